The maximum Gasteiger partial charge on any atom is 0.451 e. The lowest BCUT2D eigenvalue weighted by molar-refractivity contribution is -0.145. The zero-order chi connectivity index (χ0) is 20.9. The summed E-state index contributed by atoms with van der Waals surface area (Å²) in [6.45, 7) is 5.70. The van der Waals surface area contributed by atoms with Gasteiger partial charge >= 0.3 is 6.18 Å². The smallest absolute Gasteiger partial charge is 0.368 e. The van der Waals surface area contributed by atoms with Crippen LogP contribution < -0.4 is 4.90 Å². The normalized spacial score (nSPS) is 19.0. The third-order valence-corrected chi connectivity index (χ3v) is 6.10. The lowest BCUT2D eigenvalue weighted by Crippen LogP contribution is -2.34. The standard InChI is InChI=1S/C19H19ClF3N5O/c1-10-14-8-28(9-15(14)26-11(2)16(10)20)17(29)12-3-4-27(7-12)13-5-24-18(25-6-13)19(21,22)23/h5-6,12H,3-4,7-9H2,1-2H3/t12-/m1/s1. The number of nitrogens with zero attached hydrogens (tertiary/aromatic N) is 5. The first-order valence-electron chi connectivity index (χ1n) is 9.22. The molecule has 0 spiro atoms. The number of halogens is 4. The second-order valence-corrected chi connectivity index (χ2v) is 7.83. The Bertz CT molecular complexity index is 964. The summed E-state index contributed by atoms with van der Waals surface area (Å²) in [7, 11) is 0. The van der Waals surface area contributed by atoms with E-state index >= 15 is 0 Å². The molecule has 154 valence electrons. The molecule has 0 aliphatic carbocycles. The van der Waals surface area contributed by atoms with E-state index in [1.54, 1.807) is 4.90 Å². The van der Waals surface area contributed by atoms with E-state index in [0.717, 1.165) is 34.9 Å². The van der Waals surface area contributed by atoms with Crippen molar-refractivity contribution in [2.45, 2.75) is 39.5 Å². The Kier molecular flexibility index (Phi) is 4.88. The largest absolute Gasteiger partial charge is 0.451 e. The maximum absolute atomic E-state index is 13.0. The topological polar surface area (TPSA) is 62.2 Å². The number of aromatic nitrogens is 3. The lowest BCUT2D eigenvalue weighted by atomic mass is 10.1. The number of hydrogen-bond acceptors (Lipinski definition) is 5. The predicted octanol–water partition coefficient (Wildman–Crippen LogP) is 3.53. The first-order chi connectivity index (χ1) is 13.6. The van der Waals surface area contributed by atoms with Crippen LogP contribution in [0.5, 0.6) is 0 Å². The lowest BCUT2D eigenvalue weighted by Gasteiger charge is -2.21. The maximum atomic E-state index is 13.0. The number of amides is 1. The summed E-state index contributed by atoms with van der Waals surface area (Å²) >= 11 is 6.29. The van der Waals surface area contributed by atoms with Crippen molar-refractivity contribution >= 4 is 23.2 Å². The van der Waals surface area contributed by atoms with E-state index in [-0.39, 0.29) is 11.8 Å². The van der Waals surface area contributed by atoms with Gasteiger partial charge in [0, 0.05) is 19.6 Å². The molecule has 1 atom stereocenters. The molecular formula is C19H19ClF3N5O. The van der Waals surface area contributed by atoms with Gasteiger partial charge in [-0.15, -0.1) is 0 Å². The molecule has 2 aromatic heterocycles. The Morgan fingerprint density at radius 2 is 1.90 bits per heavy atom. The molecule has 0 saturated carbocycles. The summed E-state index contributed by atoms with van der Waals surface area (Å²) in [5.74, 6) is -1.38. The van der Waals surface area contributed by atoms with E-state index in [2.05, 4.69) is 15.0 Å². The quantitative estimate of drug-likeness (QED) is 0.736. The van der Waals surface area contributed by atoms with Crippen molar-refractivity contribution < 1.29 is 18.0 Å². The van der Waals surface area contributed by atoms with Crippen molar-refractivity contribution in [2.24, 2.45) is 5.92 Å². The van der Waals surface area contributed by atoms with E-state index in [4.69, 9.17) is 11.6 Å². The second-order valence-electron chi connectivity index (χ2n) is 7.45. The molecule has 1 amide bonds. The number of carbonyl (C=O) groups is 1. The van der Waals surface area contributed by atoms with Crippen LogP contribution in [0.4, 0.5) is 18.9 Å². The van der Waals surface area contributed by atoms with E-state index < -0.39 is 12.0 Å². The van der Waals surface area contributed by atoms with Crippen LogP contribution in [0.1, 0.15) is 34.8 Å². The number of aryl methyl sites for hydroxylation is 1. The highest BCUT2D eigenvalue weighted by Gasteiger charge is 2.37. The summed E-state index contributed by atoms with van der Waals surface area (Å²) in [6, 6.07) is 0. The van der Waals surface area contributed by atoms with Crippen LogP contribution in [0, 0.1) is 19.8 Å². The van der Waals surface area contributed by atoms with Crippen LogP contribution in [0.15, 0.2) is 12.4 Å². The van der Waals surface area contributed by atoms with Gasteiger partial charge in [0.2, 0.25) is 11.7 Å². The van der Waals surface area contributed by atoms with Crippen LogP contribution >= 0.6 is 11.6 Å². The zero-order valence-electron chi connectivity index (χ0n) is 15.9. The molecule has 1 saturated heterocycles. The van der Waals surface area contributed by atoms with E-state index in [9.17, 15) is 18.0 Å². The first-order valence-corrected chi connectivity index (χ1v) is 9.60. The Morgan fingerprint density at radius 1 is 1.21 bits per heavy atom. The van der Waals surface area contributed by atoms with Crippen LogP contribution in [0.3, 0.4) is 0 Å². The minimum atomic E-state index is -4.57. The SMILES string of the molecule is Cc1nc2c(c(C)c1Cl)CN(C(=O)[C@@H]1CCN(c3cnc(C(F)(F)F)nc3)C1)C2. The van der Waals surface area contributed by atoms with Crippen LogP contribution in [-0.2, 0) is 24.1 Å². The van der Waals surface area contributed by atoms with Crippen molar-refractivity contribution in [3.05, 3.63) is 45.8 Å². The van der Waals surface area contributed by atoms with Crippen LogP contribution in [-0.4, -0.2) is 38.8 Å². The van der Waals surface area contributed by atoms with Gasteiger partial charge < -0.3 is 9.80 Å². The average Bonchev–Trinajstić information content (AvgIpc) is 3.33. The summed E-state index contributed by atoms with van der Waals surface area (Å²) < 4.78 is 37.9. The fraction of sp³-hybridized carbons (Fsp3) is 0.474. The highest BCUT2D eigenvalue weighted by Crippen LogP contribution is 2.33. The van der Waals surface area contributed by atoms with Crippen LogP contribution in [0.2, 0.25) is 5.02 Å². The Hall–Kier alpha value is -2.42. The Labute approximate surface area is 170 Å². The third kappa shape index (κ3) is 3.63. The van der Waals surface area contributed by atoms with Gasteiger partial charge in [-0.1, -0.05) is 11.6 Å². The highest BCUT2D eigenvalue weighted by atomic mass is 35.5. The van der Waals surface area contributed by atoms with Crippen molar-refractivity contribution in [3.8, 4) is 0 Å². The number of fused-ring (bicyclic) bond motifs is 1. The summed E-state index contributed by atoms with van der Waals surface area (Å²) in [6.07, 6.45) is -1.63. The molecule has 29 heavy (non-hydrogen) atoms. The predicted molar refractivity (Wildman–Crippen MR) is 100 cm³/mol. The van der Waals surface area contributed by atoms with Gasteiger partial charge in [0.05, 0.1) is 47.0 Å². The fourth-order valence-electron chi connectivity index (χ4n) is 3.95. The number of anilines is 1. The van der Waals surface area contributed by atoms with Gasteiger partial charge in [-0.25, -0.2) is 9.97 Å². The minimum absolute atomic E-state index is 0.0199. The van der Waals surface area contributed by atoms with Crippen molar-refractivity contribution in [2.75, 3.05) is 18.0 Å². The average molecular weight is 426 g/mol. The summed E-state index contributed by atoms with van der Waals surface area (Å²) in [5.41, 5.74) is 4.08. The number of alkyl halides is 3. The van der Waals surface area contributed by atoms with Gasteiger partial charge in [-0.05, 0) is 31.4 Å². The number of carbonyl (C=O) groups excluding carboxylic acids is 1. The molecule has 1 fully saturated rings. The zero-order valence-corrected chi connectivity index (χ0v) is 16.7. The van der Waals surface area contributed by atoms with Gasteiger partial charge in [-0.3, -0.25) is 9.78 Å². The Balaban J connectivity index is 1.43. The van der Waals surface area contributed by atoms with E-state index in [0.29, 0.717) is 43.3 Å². The summed E-state index contributed by atoms with van der Waals surface area (Å²) in [4.78, 5) is 28.0. The number of rotatable bonds is 2. The monoisotopic (exact) mass is 425 g/mol. The second kappa shape index (κ2) is 7.12. The molecule has 4 rings (SSSR count). The molecule has 0 radical (unpaired) electrons. The van der Waals surface area contributed by atoms with Gasteiger partial charge in [0.15, 0.2) is 0 Å². The molecule has 0 bridgehead atoms. The highest BCUT2D eigenvalue weighted by molar-refractivity contribution is 6.32. The van der Waals surface area contributed by atoms with Crippen molar-refractivity contribution in [3.63, 3.8) is 0 Å². The van der Waals surface area contributed by atoms with Gasteiger partial charge in [0.25, 0.3) is 0 Å². The van der Waals surface area contributed by atoms with Crippen molar-refractivity contribution in [1.82, 2.24) is 19.9 Å². The number of pyridine rings is 1. The minimum Gasteiger partial charge on any atom is -0.368 e. The van der Waals surface area contributed by atoms with Gasteiger partial charge in [-0.2, -0.15) is 13.2 Å². The molecule has 0 N–H and O–H groups in total. The molecule has 2 aliphatic rings. The molecule has 2 aliphatic heterocycles. The molecule has 0 unspecified atom stereocenters. The van der Waals surface area contributed by atoms with Gasteiger partial charge in [0.1, 0.15) is 0 Å². The molecule has 0 aromatic carbocycles. The molecule has 4 heterocycles. The molecular weight excluding hydrogens is 407 g/mol. The molecule has 10 heteroatoms. The summed E-state index contributed by atoms with van der Waals surface area (Å²) in [5, 5.41) is 0.632. The molecule has 6 nitrogen and oxygen atoms in total. The number of hydrogen-bond donors (Lipinski definition) is 0. The molecule has 2 aromatic rings. The Morgan fingerprint density at radius 3 is 2.55 bits per heavy atom. The van der Waals surface area contributed by atoms with E-state index in [1.165, 1.54) is 0 Å². The van der Waals surface area contributed by atoms with E-state index in [1.807, 2.05) is 18.7 Å². The van der Waals surface area contributed by atoms with Crippen LogP contribution in [0.25, 0.3) is 0 Å². The first kappa shape index (κ1) is 19.9. The fourth-order valence-corrected chi connectivity index (χ4v) is 4.11. The third-order valence-electron chi connectivity index (χ3n) is 5.55. The van der Waals surface area contributed by atoms with Crippen molar-refractivity contribution in [1.29, 1.82) is 0 Å².